The van der Waals surface area contributed by atoms with Crippen LogP contribution in [-0.2, 0) is 20.7 Å². The van der Waals surface area contributed by atoms with Crippen LogP contribution in [0.25, 0.3) is 0 Å². The molecular weight excluding hydrogens is 254 g/mol. The van der Waals surface area contributed by atoms with Gasteiger partial charge in [-0.3, -0.25) is 4.79 Å². The standard InChI is InChI=1S/C16H23NO3/c1-16(2,3)11-14(18)17-13(15(19)20-4)10-12-8-6-5-7-9-12/h5-9,13H,10-11H2,1-4H3,(H,17,18). The monoisotopic (exact) mass is 277 g/mol. The first-order valence-corrected chi connectivity index (χ1v) is 6.73. The highest BCUT2D eigenvalue weighted by Gasteiger charge is 2.24. The summed E-state index contributed by atoms with van der Waals surface area (Å²) in [6, 6.07) is 8.92. The zero-order valence-electron chi connectivity index (χ0n) is 12.6. The molecule has 0 aliphatic heterocycles. The zero-order valence-corrected chi connectivity index (χ0v) is 12.6. The van der Waals surface area contributed by atoms with Gasteiger partial charge in [0.2, 0.25) is 5.91 Å². The number of nitrogens with one attached hydrogen (secondary N) is 1. The number of methoxy groups -OCH3 is 1. The third-order valence-corrected chi connectivity index (χ3v) is 2.79. The van der Waals surface area contributed by atoms with Gasteiger partial charge in [0, 0.05) is 12.8 Å². The van der Waals surface area contributed by atoms with Crippen LogP contribution < -0.4 is 5.32 Å². The van der Waals surface area contributed by atoms with E-state index in [4.69, 9.17) is 4.74 Å². The van der Waals surface area contributed by atoms with E-state index in [-0.39, 0.29) is 11.3 Å². The van der Waals surface area contributed by atoms with Crippen molar-refractivity contribution in [3.05, 3.63) is 35.9 Å². The molecule has 0 aliphatic rings. The lowest BCUT2D eigenvalue weighted by Crippen LogP contribution is -2.44. The summed E-state index contributed by atoms with van der Waals surface area (Å²) in [7, 11) is 1.33. The number of hydrogen-bond acceptors (Lipinski definition) is 3. The van der Waals surface area contributed by atoms with E-state index >= 15 is 0 Å². The van der Waals surface area contributed by atoms with E-state index in [2.05, 4.69) is 5.32 Å². The van der Waals surface area contributed by atoms with Gasteiger partial charge < -0.3 is 10.1 Å². The molecule has 4 nitrogen and oxygen atoms in total. The van der Waals surface area contributed by atoms with Gasteiger partial charge >= 0.3 is 5.97 Å². The van der Waals surface area contributed by atoms with Crippen LogP contribution in [0.4, 0.5) is 0 Å². The van der Waals surface area contributed by atoms with Gasteiger partial charge in [-0.15, -0.1) is 0 Å². The van der Waals surface area contributed by atoms with Gasteiger partial charge in [0.05, 0.1) is 7.11 Å². The lowest BCUT2D eigenvalue weighted by atomic mass is 9.91. The van der Waals surface area contributed by atoms with Gasteiger partial charge in [-0.05, 0) is 11.0 Å². The van der Waals surface area contributed by atoms with E-state index in [9.17, 15) is 9.59 Å². The molecule has 1 N–H and O–H groups in total. The molecule has 1 unspecified atom stereocenters. The van der Waals surface area contributed by atoms with Gasteiger partial charge in [0.1, 0.15) is 6.04 Å². The minimum absolute atomic E-state index is 0.114. The van der Waals surface area contributed by atoms with Crippen LogP contribution in [0.5, 0.6) is 0 Å². The van der Waals surface area contributed by atoms with Gasteiger partial charge in [0.15, 0.2) is 0 Å². The first-order valence-electron chi connectivity index (χ1n) is 6.73. The first kappa shape index (κ1) is 16.2. The van der Waals surface area contributed by atoms with Crippen molar-refractivity contribution < 1.29 is 14.3 Å². The fraction of sp³-hybridized carbons (Fsp3) is 0.500. The Morgan fingerprint density at radius 2 is 1.80 bits per heavy atom. The molecule has 1 atom stereocenters. The summed E-state index contributed by atoms with van der Waals surface area (Å²) >= 11 is 0. The Labute approximate surface area is 120 Å². The Hall–Kier alpha value is -1.84. The van der Waals surface area contributed by atoms with Gasteiger partial charge in [0.25, 0.3) is 0 Å². The maximum atomic E-state index is 12.0. The smallest absolute Gasteiger partial charge is 0.328 e. The Balaban J connectivity index is 2.70. The van der Waals surface area contributed by atoms with Crippen LogP contribution in [0.1, 0.15) is 32.8 Å². The summed E-state index contributed by atoms with van der Waals surface area (Å²) in [6.45, 7) is 5.95. The van der Waals surface area contributed by atoms with Crippen LogP contribution in [0.3, 0.4) is 0 Å². The molecule has 20 heavy (non-hydrogen) atoms. The average molecular weight is 277 g/mol. The largest absolute Gasteiger partial charge is 0.467 e. The third kappa shape index (κ3) is 5.87. The van der Waals surface area contributed by atoms with Crippen LogP contribution >= 0.6 is 0 Å². The molecule has 0 bridgehead atoms. The van der Waals surface area contributed by atoms with Crippen LogP contribution in [-0.4, -0.2) is 25.0 Å². The second-order valence-corrected chi connectivity index (χ2v) is 6.07. The predicted octanol–water partition coefficient (Wildman–Crippen LogP) is 2.32. The molecule has 0 fully saturated rings. The summed E-state index contributed by atoms with van der Waals surface area (Å²) in [5.74, 6) is -0.556. The van der Waals surface area contributed by atoms with Crippen molar-refractivity contribution in [1.82, 2.24) is 5.32 Å². The summed E-state index contributed by atoms with van der Waals surface area (Å²) in [6.07, 6.45) is 0.804. The molecular formula is C16H23NO3. The normalized spacial score (nSPS) is 12.6. The molecule has 1 aromatic rings. The lowest BCUT2D eigenvalue weighted by Gasteiger charge is -2.21. The van der Waals surface area contributed by atoms with Crippen molar-refractivity contribution in [3.63, 3.8) is 0 Å². The fourth-order valence-electron chi connectivity index (χ4n) is 1.91. The molecule has 110 valence electrons. The molecule has 0 aromatic heterocycles. The van der Waals surface area contributed by atoms with Crippen LogP contribution in [0.15, 0.2) is 30.3 Å². The van der Waals surface area contributed by atoms with Gasteiger partial charge in [-0.25, -0.2) is 4.79 Å². The number of esters is 1. The van der Waals surface area contributed by atoms with Crippen molar-refractivity contribution in [3.8, 4) is 0 Å². The SMILES string of the molecule is COC(=O)C(Cc1ccccc1)NC(=O)CC(C)(C)C. The highest BCUT2D eigenvalue weighted by atomic mass is 16.5. The van der Waals surface area contributed by atoms with Crippen molar-refractivity contribution in [1.29, 1.82) is 0 Å². The minimum Gasteiger partial charge on any atom is -0.467 e. The molecule has 0 aliphatic carbocycles. The molecule has 0 saturated heterocycles. The number of rotatable bonds is 5. The van der Waals surface area contributed by atoms with Crippen LogP contribution in [0, 0.1) is 5.41 Å². The van der Waals surface area contributed by atoms with Crippen molar-refractivity contribution in [2.75, 3.05) is 7.11 Å². The Morgan fingerprint density at radius 1 is 1.20 bits per heavy atom. The molecule has 0 radical (unpaired) electrons. The second-order valence-electron chi connectivity index (χ2n) is 6.07. The number of amides is 1. The minimum atomic E-state index is -0.641. The topological polar surface area (TPSA) is 55.4 Å². The Bertz CT molecular complexity index is 449. The predicted molar refractivity (Wildman–Crippen MR) is 78.2 cm³/mol. The maximum Gasteiger partial charge on any atom is 0.328 e. The average Bonchev–Trinajstić information content (AvgIpc) is 2.36. The van der Waals surface area contributed by atoms with E-state index in [1.54, 1.807) is 0 Å². The van der Waals surface area contributed by atoms with E-state index in [1.807, 2.05) is 51.1 Å². The molecule has 0 saturated carbocycles. The van der Waals surface area contributed by atoms with Crippen molar-refractivity contribution in [2.45, 2.75) is 39.7 Å². The summed E-state index contributed by atoms with van der Waals surface area (Å²) in [5.41, 5.74) is 0.872. The van der Waals surface area contributed by atoms with Gasteiger partial charge in [-0.2, -0.15) is 0 Å². The molecule has 0 heterocycles. The summed E-state index contributed by atoms with van der Waals surface area (Å²) in [4.78, 5) is 23.7. The molecule has 0 spiro atoms. The van der Waals surface area contributed by atoms with Crippen molar-refractivity contribution in [2.24, 2.45) is 5.41 Å². The number of carbonyl (C=O) groups excluding carboxylic acids is 2. The number of benzene rings is 1. The Morgan fingerprint density at radius 3 is 2.30 bits per heavy atom. The van der Waals surface area contributed by atoms with E-state index in [0.717, 1.165) is 5.56 Å². The summed E-state index contributed by atoms with van der Waals surface area (Å²) < 4.78 is 4.76. The van der Waals surface area contributed by atoms with Gasteiger partial charge in [-0.1, -0.05) is 51.1 Å². The Kier molecular flexibility index (Phi) is 5.74. The number of carbonyl (C=O) groups is 2. The fourth-order valence-corrected chi connectivity index (χ4v) is 1.91. The van der Waals surface area contributed by atoms with E-state index in [0.29, 0.717) is 12.8 Å². The molecule has 1 amide bonds. The van der Waals surface area contributed by atoms with Crippen molar-refractivity contribution >= 4 is 11.9 Å². The highest BCUT2D eigenvalue weighted by Crippen LogP contribution is 2.18. The highest BCUT2D eigenvalue weighted by molar-refractivity contribution is 5.84. The molecule has 4 heteroatoms. The van der Waals surface area contributed by atoms with E-state index in [1.165, 1.54) is 7.11 Å². The number of hydrogen-bond donors (Lipinski definition) is 1. The quantitative estimate of drug-likeness (QED) is 0.840. The molecule has 1 aromatic carbocycles. The molecule has 1 rings (SSSR count). The van der Waals surface area contributed by atoms with Crippen LogP contribution in [0.2, 0.25) is 0 Å². The van der Waals surface area contributed by atoms with E-state index < -0.39 is 12.0 Å². The summed E-state index contributed by atoms with van der Waals surface area (Å²) in [5, 5.41) is 2.76. The maximum absolute atomic E-state index is 12.0. The number of ether oxygens (including phenoxy) is 1. The third-order valence-electron chi connectivity index (χ3n) is 2.79. The second kappa shape index (κ2) is 7.08. The zero-order chi connectivity index (χ0) is 15.2. The lowest BCUT2D eigenvalue weighted by molar-refractivity contribution is -0.145. The first-order chi connectivity index (χ1) is 9.31.